The highest BCUT2D eigenvalue weighted by Gasteiger charge is 2.18. The van der Waals surface area contributed by atoms with Gasteiger partial charge in [0, 0.05) is 0 Å². The number of halogens is 1. The molecule has 0 aliphatic rings. The molecule has 0 saturated carbocycles. The van der Waals surface area contributed by atoms with Crippen LogP contribution in [0.2, 0.25) is 0 Å². The minimum absolute atomic E-state index is 0.0686. The van der Waals surface area contributed by atoms with Crippen LogP contribution in [0.15, 0.2) is 28.6 Å². The number of carbonyl (C=O) groups is 1. The SMILES string of the molecule is Cc1nnc(SCC(=O)NC(c2ccc(F)cc2)C(C)C)s1. The van der Waals surface area contributed by atoms with Gasteiger partial charge in [-0.1, -0.05) is 49.1 Å². The summed E-state index contributed by atoms with van der Waals surface area (Å²) in [5.41, 5.74) is 0.904. The van der Waals surface area contributed by atoms with Crippen LogP contribution < -0.4 is 5.32 Å². The Balaban J connectivity index is 1.95. The lowest BCUT2D eigenvalue weighted by atomic mass is 9.96. The first-order valence-corrected chi connectivity index (χ1v) is 8.73. The molecule has 0 spiro atoms. The van der Waals surface area contributed by atoms with Gasteiger partial charge in [-0.3, -0.25) is 4.79 Å². The number of aryl methyl sites for hydroxylation is 1. The summed E-state index contributed by atoms with van der Waals surface area (Å²) in [5, 5.41) is 11.8. The van der Waals surface area contributed by atoms with Crippen molar-refractivity contribution in [3.05, 3.63) is 40.7 Å². The van der Waals surface area contributed by atoms with Crippen molar-refractivity contribution in [3.63, 3.8) is 0 Å². The molecule has 0 radical (unpaired) electrons. The third-order valence-corrected chi connectivity index (χ3v) is 5.02. The number of rotatable bonds is 6. The van der Waals surface area contributed by atoms with E-state index in [-0.39, 0.29) is 23.7 Å². The average Bonchev–Trinajstić information content (AvgIpc) is 2.89. The van der Waals surface area contributed by atoms with Gasteiger partial charge >= 0.3 is 0 Å². The number of hydrogen-bond acceptors (Lipinski definition) is 5. The minimum atomic E-state index is -0.278. The molecule has 0 saturated heterocycles. The van der Waals surface area contributed by atoms with Gasteiger partial charge in [0.25, 0.3) is 0 Å². The number of amides is 1. The summed E-state index contributed by atoms with van der Waals surface area (Å²) in [6.07, 6.45) is 0. The van der Waals surface area contributed by atoms with Crippen LogP contribution in [0.4, 0.5) is 4.39 Å². The van der Waals surface area contributed by atoms with Crippen LogP contribution in [-0.2, 0) is 4.79 Å². The van der Waals surface area contributed by atoms with E-state index in [0.717, 1.165) is 14.9 Å². The summed E-state index contributed by atoms with van der Waals surface area (Å²) in [7, 11) is 0. The van der Waals surface area contributed by atoms with Gasteiger partial charge in [0.05, 0.1) is 11.8 Å². The molecule has 22 heavy (non-hydrogen) atoms. The average molecular weight is 339 g/mol. The van der Waals surface area contributed by atoms with Crippen LogP contribution >= 0.6 is 23.1 Å². The Morgan fingerprint density at radius 1 is 1.32 bits per heavy atom. The molecule has 1 aromatic heterocycles. The molecule has 1 atom stereocenters. The van der Waals surface area contributed by atoms with Crippen molar-refractivity contribution >= 4 is 29.0 Å². The number of hydrogen-bond donors (Lipinski definition) is 1. The van der Waals surface area contributed by atoms with Gasteiger partial charge < -0.3 is 5.32 Å². The Morgan fingerprint density at radius 3 is 2.55 bits per heavy atom. The van der Waals surface area contributed by atoms with Crippen molar-refractivity contribution in [2.24, 2.45) is 5.92 Å². The van der Waals surface area contributed by atoms with E-state index in [9.17, 15) is 9.18 Å². The van der Waals surface area contributed by atoms with Crippen molar-refractivity contribution in [1.82, 2.24) is 15.5 Å². The normalized spacial score (nSPS) is 12.4. The van der Waals surface area contributed by atoms with E-state index < -0.39 is 0 Å². The van der Waals surface area contributed by atoms with E-state index in [4.69, 9.17) is 0 Å². The molecule has 0 aliphatic heterocycles. The van der Waals surface area contributed by atoms with Crippen molar-refractivity contribution < 1.29 is 9.18 Å². The molecule has 1 amide bonds. The fourth-order valence-corrected chi connectivity index (χ4v) is 3.61. The quantitative estimate of drug-likeness (QED) is 0.817. The second-order valence-corrected chi connectivity index (χ2v) is 7.62. The molecular formula is C15H18FN3OS2. The monoisotopic (exact) mass is 339 g/mol. The Bertz CT molecular complexity index is 628. The molecule has 4 nitrogen and oxygen atoms in total. The number of nitrogens with zero attached hydrogens (tertiary/aromatic N) is 2. The zero-order valence-electron chi connectivity index (χ0n) is 12.7. The van der Waals surface area contributed by atoms with Crippen LogP contribution in [0.3, 0.4) is 0 Å². The molecule has 2 aromatic rings. The van der Waals surface area contributed by atoms with Crippen molar-refractivity contribution in [2.45, 2.75) is 31.2 Å². The third kappa shape index (κ3) is 4.78. The molecule has 0 aliphatic carbocycles. The maximum absolute atomic E-state index is 13.0. The number of aromatic nitrogens is 2. The Hall–Kier alpha value is -1.47. The summed E-state index contributed by atoms with van der Waals surface area (Å²) >= 11 is 2.85. The first-order chi connectivity index (χ1) is 10.5. The Labute approximate surface area is 137 Å². The van der Waals surface area contributed by atoms with Crippen LogP contribution in [-0.4, -0.2) is 21.9 Å². The smallest absolute Gasteiger partial charge is 0.230 e. The zero-order chi connectivity index (χ0) is 16.1. The fraction of sp³-hybridized carbons (Fsp3) is 0.400. The van der Waals surface area contributed by atoms with E-state index in [0.29, 0.717) is 5.75 Å². The topological polar surface area (TPSA) is 54.9 Å². The standard InChI is InChI=1S/C15H18FN3OS2/c1-9(2)14(11-4-6-12(16)7-5-11)17-13(20)8-21-15-19-18-10(3)22-15/h4-7,9,14H,8H2,1-3H3,(H,17,20). The first-order valence-electron chi connectivity index (χ1n) is 6.93. The highest BCUT2D eigenvalue weighted by Crippen LogP contribution is 2.24. The minimum Gasteiger partial charge on any atom is -0.348 e. The largest absolute Gasteiger partial charge is 0.348 e. The first kappa shape index (κ1) is 16.9. The number of benzene rings is 1. The number of thioether (sulfide) groups is 1. The van der Waals surface area contributed by atoms with Crippen molar-refractivity contribution in [2.75, 3.05) is 5.75 Å². The van der Waals surface area contributed by atoms with E-state index in [1.54, 1.807) is 12.1 Å². The van der Waals surface area contributed by atoms with Gasteiger partial charge in [-0.25, -0.2) is 4.39 Å². The molecule has 1 heterocycles. The van der Waals surface area contributed by atoms with Gasteiger partial charge in [0.15, 0.2) is 4.34 Å². The zero-order valence-corrected chi connectivity index (χ0v) is 14.3. The molecule has 118 valence electrons. The lowest BCUT2D eigenvalue weighted by Crippen LogP contribution is -2.32. The molecule has 7 heteroatoms. The van der Waals surface area contributed by atoms with Gasteiger partial charge in [-0.2, -0.15) is 0 Å². The van der Waals surface area contributed by atoms with Crippen LogP contribution in [0.1, 0.15) is 30.5 Å². The van der Waals surface area contributed by atoms with Gasteiger partial charge in [0.1, 0.15) is 10.8 Å². The summed E-state index contributed by atoms with van der Waals surface area (Å²) in [5.74, 6) is 0.155. The van der Waals surface area contributed by atoms with Crippen LogP contribution in [0, 0.1) is 18.7 Å². The molecule has 1 unspecified atom stereocenters. The third-order valence-electron chi connectivity index (χ3n) is 3.05. The maximum atomic E-state index is 13.0. The molecule has 1 aromatic carbocycles. The van der Waals surface area contributed by atoms with Gasteiger partial charge in [-0.05, 0) is 30.5 Å². The molecule has 1 N–H and O–H groups in total. The molecule has 0 fully saturated rings. The number of carbonyl (C=O) groups excluding carboxylic acids is 1. The second-order valence-electron chi connectivity index (χ2n) is 5.22. The summed E-state index contributed by atoms with van der Waals surface area (Å²) in [4.78, 5) is 12.1. The molecular weight excluding hydrogens is 321 g/mol. The highest BCUT2D eigenvalue weighted by molar-refractivity contribution is 8.01. The maximum Gasteiger partial charge on any atom is 0.230 e. The Morgan fingerprint density at radius 2 is 2.00 bits per heavy atom. The summed E-state index contributed by atoms with van der Waals surface area (Å²) < 4.78 is 13.8. The van der Waals surface area contributed by atoms with Crippen LogP contribution in [0.5, 0.6) is 0 Å². The van der Waals surface area contributed by atoms with E-state index in [1.807, 2.05) is 20.8 Å². The summed E-state index contributed by atoms with van der Waals surface area (Å²) in [6.45, 7) is 5.93. The van der Waals surface area contributed by atoms with Crippen LogP contribution in [0.25, 0.3) is 0 Å². The van der Waals surface area contributed by atoms with Gasteiger partial charge in [0.2, 0.25) is 5.91 Å². The van der Waals surface area contributed by atoms with E-state index in [1.165, 1.54) is 35.2 Å². The number of nitrogens with one attached hydrogen (secondary N) is 1. The van der Waals surface area contributed by atoms with E-state index in [2.05, 4.69) is 15.5 Å². The second kappa shape index (κ2) is 7.69. The Kier molecular flexibility index (Phi) is 5.90. The summed E-state index contributed by atoms with van der Waals surface area (Å²) in [6, 6.07) is 6.11. The molecule has 0 bridgehead atoms. The fourth-order valence-electron chi connectivity index (χ4n) is 1.98. The predicted octanol–water partition coefficient (Wildman–Crippen LogP) is 3.59. The lowest BCUT2D eigenvalue weighted by Gasteiger charge is -2.22. The van der Waals surface area contributed by atoms with Crippen molar-refractivity contribution in [1.29, 1.82) is 0 Å². The highest BCUT2D eigenvalue weighted by atomic mass is 32.2. The predicted molar refractivity (Wildman–Crippen MR) is 87.5 cm³/mol. The lowest BCUT2D eigenvalue weighted by molar-refractivity contribution is -0.119. The molecule has 2 rings (SSSR count). The van der Waals surface area contributed by atoms with Gasteiger partial charge in [-0.15, -0.1) is 10.2 Å². The van der Waals surface area contributed by atoms with E-state index >= 15 is 0 Å². The van der Waals surface area contributed by atoms with Crippen molar-refractivity contribution in [3.8, 4) is 0 Å².